The molecule has 1 atom stereocenters. The minimum absolute atomic E-state index is 0.116. The van der Waals surface area contributed by atoms with Crippen molar-refractivity contribution in [3.63, 3.8) is 0 Å². The van der Waals surface area contributed by atoms with Gasteiger partial charge in [-0.05, 0) is 91.6 Å². The largest absolute Gasteiger partial charge is 0.494 e. The molecule has 1 unspecified atom stereocenters. The number of ketones is 1. The molecule has 268 valence electrons. The van der Waals surface area contributed by atoms with Crippen LogP contribution in [0.2, 0.25) is 0 Å². The number of carbonyl (C=O) groups excluding carboxylic acids is 4. The van der Waals surface area contributed by atoms with Crippen LogP contribution in [0.4, 0.5) is 5.69 Å². The first-order valence-electron chi connectivity index (χ1n) is 17.2. The van der Waals surface area contributed by atoms with Crippen molar-refractivity contribution in [1.82, 2.24) is 5.32 Å². The molecule has 51 heavy (non-hydrogen) atoms. The number of rotatable bonds is 20. The van der Waals surface area contributed by atoms with Gasteiger partial charge >= 0.3 is 5.97 Å². The van der Waals surface area contributed by atoms with E-state index in [1.165, 1.54) is 33.3 Å². The zero-order chi connectivity index (χ0) is 36.4. The fourth-order valence-corrected chi connectivity index (χ4v) is 5.18. The Labute approximate surface area is 299 Å². The second-order valence-corrected chi connectivity index (χ2v) is 12.1. The maximum absolute atomic E-state index is 13.1. The molecule has 4 aromatic rings. The summed E-state index contributed by atoms with van der Waals surface area (Å²) in [5.41, 5.74) is 2.84. The Bertz CT molecular complexity index is 1720. The van der Waals surface area contributed by atoms with Crippen LogP contribution in [0.15, 0.2) is 97.1 Å². The number of hydrogen-bond donors (Lipinski definition) is 2. The standard InChI is InChI=1S/C41H46N2O8/c1-4-5-6-7-11-24-50-35-21-17-33(18-22-35)41(47)51-37-23-14-31(26-38(37)48-3)25-36(29(2)44)43-40(46)32-15-19-34(20-16-32)42-39(45)28-49-27-30-12-9-8-10-13-30/h8-10,12-23,26,36H,4-7,11,24-25,27-28H2,1-3H3,(H,42,45)(H,43,46). The summed E-state index contributed by atoms with van der Waals surface area (Å²) in [6.45, 7) is 4.42. The molecular formula is C41H46N2O8. The number of unbranched alkanes of at least 4 members (excludes halogenated alkanes) is 4. The van der Waals surface area contributed by atoms with Crippen molar-refractivity contribution in [2.75, 3.05) is 25.6 Å². The van der Waals surface area contributed by atoms with Crippen LogP contribution in [-0.4, -0.2) is 49.9 Å². The molecule has 10 nitrogen and oxygen atoms in total. The lowest BCUT2D eigenvalue weighted by molar-refractivity contribution is -0.121. The minimum atomic E-state index is -0.825. The summed E-state index contributed by atoms with van der Waals surface area (Å²) < 4.78 is 22.4. The van der Waals surface area contributed by atoms with Crippen LogP contribution in [0.3, 0.4) is 0 Å². The molecule has 0 fully saturated rings. The number of hydrogen-bond acceptors (Lipinski definition) is 8. The van der Waals surface area contributed by atoms with Crippen LogP contribution in [0.1, 0.15) is 77.8 Å². The monoisotopic (exact) mass is 694 g/mol. The highest BCUT2D eigenvalue weighted by atomic mass is 16.6. The number of methoxy groups -OCH3 is 1. The molecule has 0 aliphatic rings. The Morgan fingerprint density at radius 3 is 2.14 bits per heavy atom. The van der Waals surface area contributed by atoms with Gasteiger partial charge in [0.1, 0.15) is 12.4 Å². The van der Waals surface area contributed by atoms with Gasteiger partial charge in [0, 0.05) is 11.3 Å². The van der Waals surface area contributed by atoms with E-state index in [0.717, 1.165) is 18.4 Å². The van der Waals surface area contributed by atoms with E-state index in [9.17, 15) is 19.2 Å². The van der Waals surface area contributed by atoms with Gasteiger partial charge in [0.25, 0.3) is 5.91 Å². The zero-order valence-corrected chi connectivity index (χ0v) is 29.4. The molecular weight excluding hydrogens is 648 g/mol. The molecule has 4 rings (SSSR count). The first-order chi connectivity index (χ1) is 24.7. The SMILES string of the molecule is CCCCCCCOc1ccc(C(=O)Oc2ccc(CC(NC(=O)c3ccc(NC(=O)COCc4ccccc4)cc3)C(C)=O)cc2OC)cc1. The van der Waals surface area contributed by atoms with Crippen LogP contribution in [0, 0.1) is 0 Å². The third-order valence-corrected chi connectivity index (χ3v) is 8.05. The van der Waals surface area contributed by atoms with Crippen molar-refractivity contribution < 1.29 is 38.1 Å². The zero-order valence-electron chi connectivity index (χ0n) is 29.4. The van der Waals surface area contributed by atoms with Gasteiger partial charge in [-0.25, -0.2) is 4.79 Å². The summed E-state index contributed by atoms with van der Waals surface area (Å²) in [6.07, 6.45) is 5.94. The number of esters is 1. The van der Waals surface area contributed by atoms with E-state index in [2.05, 4.69) is 17.6 Å². The van der Waals surface area contributed by atoms with Crippen LogP contribution in [-0.2, 0) is 27.4 Å². The minimum Gasteiger partial charge on any atom is -0.494 e. The van der Waals surface area contributed by atoms with Crippen molar-refractivity contribution in [3.05, 3.63) is 119 Å². The summed E-state index contributed by atoms with van der Waals surface area (Å²) in [6, 6.07) is 26.8. The van der Waals surface area contributed by atoms with Crippen LogP contribution >= 0.6 is 0 Å². The number of ether oxygens (including phenoxy) is 4. The molecule has 0 radical (unpaired) electrons. The highest BCUT2D eigenvalue weighted by molar-refractivity contribution is 5.98. The molecule has 0 aliphatic carbocycles. The van der Waals surface area contributed by atoms with Gasteiger partial charge in [-0.2, -0.15) is 0 Å². The highest BCUT2D eigenvalue weighted by Crippen LogP contribution is 2.30. The topological polar surface area (TPSA) is 129 Å². The third kappa shape index (κ3) is 12.7. The average Bonchev–Trinajstić information content (AvgIpc) is 3.14. The lowest BCUT2D eigenvalue weighted by Crippen LogP contribution is -2.41. The summed E-state index contributed by atoms with van der Waals surface area (Å²) in [4.78, 5) is 50.8. The van der Waals surface area contributed by atoms with Gasteiger partial charge in [-0.1, -0.05) is 69.0 Å². The number of Topliss-reactive ketones (excluding diaryl/α,β-unsaturated/α-hetero) is 1. The van der Waals surface area contributed by atoms with E-state index in [1.54, 1.807) is 66.7 Å². The summed E-state index contributed by atoms with van der Waals surface area (Å²) in [7, 11) is 1.46. The van der Waals surface area contributed by atoms with Crippen molar-refractivity contribution in [3.8, 4) is 17.2 Å². The van der Waals surface area contributed by atoms with Gasteiger partial charge < -0.3 is 29.6 Å². The van der Waals surface area contributed by atoms with Gasteiger partial charge in [-0.15, -0.1) is 0 Å². The predicted octanol–water partition coefficient (Wildman–Crippen LogP) is 7.35. The quantitative estimate of drug-likeness (QED) is 0.0558. The Balaban J connectivity index is 1.27. The van der Waals surface area contributed by atoms with Crippen LogP contribution < -0.4 is 24.8 Å². The molecule has 2 N–H and O–H groups in total. The Morgan fingerprint density at radius 2 is 1.45 bits per heavy atom. The van der Waals surface area contributed by atoms with E-state index in [1.807, 2.05) is 30.3 Å². The molecule has 0 aliphatic heterocycles. The van der Waals surface area contributed by atoms with Crippen molar-refractivity contribution >= 4 is 29.3 Å². The molecule has 0 heterocycles. The van der Waals surface area contributed by atoms with Crippen molar-refractivity contribution in [2.24, 2.45) is 0 Å². The van der Waals surface area contributed by atoms with Crippen molar-refractivity contribution in [2.45, 2.75) is 65.0 Å². The molecule has 10 heteroatoms. The molecule has 0 bridgehead atoms. The Kier molecular flexibility index (Phi) is 15.2. The predicted molar refractivity (Wildman–Crippen MR) is 195 cm³/mol. The maximum Gasteiger partial charge on any atom is 0.343 e. The lowest BCUT2D eigenvalue weighted by Gasteiger charge is -2.17. The first-order valence-corrected chi connectivity index (χ1v) is 17.2. The van der Waals surface area contributed by atoms with E-state index < -0.39 is 17.9 Å². The first kappa shape index (κ1) is 38.3. The molecule has 0 saturated carbocycles. The second kappa shape index (κ2) is 20.3. The van der Waals surface area contributed by atoms with E-state index in [-0.39, 0.29) is 30.5 Å². The van der Waals surface area contributed by atoms with E-state index in [0.29, 0.717) is 47.1 Å². The fourth-order valence-electron chi connectivity index (χ4n) is 5.18. The lowest BCUT2D eigenvalue weighted by atomic mass is 10.0. The van der Waals surface area contributed by atoms with Crippen molar-refractivity contribution in [1.29, 1.82) is 0 Å². The smallest absolute Gasteiger partial charge is 0.343 e. The average molecular weight is 695 g/mol. The van der Waals surface area contributed by atoms with E-state index in [4.69, 9.17) is 18.9 Å². The van der Waals surface area contributed by atoms with E-state index >= 15 is 0 Å². The Morgan fingerprint density at radius 1 is 0.745 bits per heavy atom. The molecule has 0 aromatic heterocycles. The summed E-state index contributed by atoms with van der Waals surface area (Å²) in [5.74, 6) is -0.335. The molecule has 0 saturated heterocycles. The summed E-state index contributed by atoms with van der Waals surface area (Å²) >= 11 is 0. The normalized spacial score (nSPS) is 11.3. The van der Waals surface area contributed by atoms with Gasteiger partial charge in [0.15, 0.2) is 17.3 Å². The van der Waals surface area contributed by atoms with Gasteiger partial charge in [0.2, 0.25) is 5.91 Å². The Hall–Kier alpha value is -5.48. The third-order valence-electron chi connectivity index (χ3n) is 8.05. The number of anilines is 1. The van der Waals surface area contributed by atoms with Gasteiger partial charge in [0.05, 0.1) is 31.9 Å². The second-order valence-electron chi connectivity index (χ2n) is 12.1. The number of nitrogens with one attached hydrogen (secondary N) is 2. The number of benzene rings is 4. The molecule has 2 amide bonds. The number of amides is 2. The number of carbonyl (C=O) groups is 4. The maximum atomic E-state index is 13.1. The summed E-state index contributed by atoms with van der Waals surface area (Å²) in [5, 5.41) is 5.53. The fraction of sp³-hybridized carbons (Fsp3) is 0.317. The molecule has 0 spiro atoms. The van der Waals surface area contributed by atoms with Gasteiger partial charge in [-0.3, -0.25) is 14.4 Å². The molecule has 4 aromatic carbocycles. The van der Waals surface area contributed by atoms with Crippen LogP contribution in [0.25, 0.3) is 0 Å². The van der Waals surface area contributed by atoms with Crippen LogP contribution in [0.5, 0.6) is 17.2 Å². The highest BCUT2D eigenvalue weighted by Gasteiger charge is 2.21.